The summed E-state index contributed by atoms with van der Waals surface area (Å²) in [6, 6.07) is 1.14. The monoisotopic (exact) mass is 222 g/mol. The van der Waals surface area contributed by atoms with Crippen LogP contribution in [0.25, 0.3) is 0 Å². The number of benzene rings is 1. The molecule has 0 saturated carbocycles. The van der Waals surface area contributed by atoms with Crippen LogP contribution in [-0.2, 0) is 0 Å². The predicted octanol–water partition coefficient (Wildman–Crippen LogP) is 3.14. The molecule has 0 fully saturated rings. The average molecular weight is 223 g/mol. The Labute approximate surface area is 83.9 Å². The first kappa shape index (κ1) is 10.3. The van der Waals surface area contributed by atoms with Crippen LogP contribution in [0.4, 0.5) is 4.39 Å². The lowest BCUT2D eigenvalue weighted by Crippen LogP contribution is -2.02. The third-order valence-corrected chi connectivity index (χ3v) is 2.50. The van der Waals surface area contributed by atoms with Crippen molar-refractivity contribution in [2.24, 2.45) is 0 Å². The molecule has 0 aliphatic heterocycles. The van der Waals surface area contributed by atoms with Gasteiger partial charge < -0.3 is 5.11 Å². The number of rotatable bonds is 1. The van der Waals surface area contributed by atoms with Gasteiger partial charge in [-0.15, -0.1) is 0 Å². The minimum atomic E-state index is -1.36. The molecule has 0 aliphatic rings. The Hall–Kier alpha value is -0.800. The SMILES string of the molecule is Cc1cc(C(=O)O)c(F)c(Cl)c1Cl. The van der Waals surface area contributed by atoms with E-state index in [1.165, 1.54) is 0 Å². The summed E-state index contributed by atoms with van der Waals surface area (Å²) in [4.78, 5) is 10.5. The number of aryl methyl sites for hydroxylation is 1. The molecule has 1 aromatic carbocycles. The molecule has 0 amide bonds. The highest BCUT2D eigenvalue weighted by Gasteiger charge is 2.17. The second kappa shape index (κ2) is 3.52. The van der Waals surface area contributed by atoms with Gasteiger partial charge in [-0.2, -0.15) is 0 Å². The summed E-state index contributed by atoms with van der Waals surface area (Å²) in [6.07, 6.45) is 0. The van der Waals surface area contributed by atoms with E-state index in [1.54, 1.807) is 6.92 Å². The van der Waals surface area contributed by atoms with Crippen LogP contribution in [0.3, 0.4) is 0 Å². The highest BCUT2D eigenvalue weighted by Crippen LogP contribution is 2.30. The molecule has 1 N–H and O–H groups in total. The van der Waals surface area contributed by atoms with Crippen LogP contribution in [-0.4, -0.2) is 11.1 Å². The van der Waals surface area contributed by atoms with Crippen LogP contribution in [0.15, 0.2) is 6.07 Å². The fourth-order valence-corrected chi connectivity index (χ4v) is 1.27. The molecule has 0 aromatic heterocycles. The molecule has 0 aliphatic carbocycles. The zero-order valence-electron chi connectivity index (χ0n) is 6.57. The van der Waals surface area contributed by atoms with E-state index in [2.05, 4.69) is 0 Å². The van der Waals surface area contributed by atoms with Gasteiger partial charge in [0.25, 0.3) is 0 Å². The van der Waals surface area contributed by atoms with Crippen molar-refractivity contribution in [2.45, 2.75) is 6.92 Å². The zero-order chi connectivity index (χ0) is 10.2. The number of aromatic carboxylic acids is 1. The molecule has 5 heteroatoms. The summed E-state index contributed by atoms with van der Waals surface area (Å²) in [5, 5.41) is 8.26. The summed E-state index contributed by atoms with van der Waals surface area (Å²) < 4.78 is 13.1. The van der Waals surface area contributed by atoms with E-state index >= 15 is 0 Å². The van der Waals surface area contributed by atoms with Gasteiger partial charge >= 0.3 is 5.97 Å². The van der Waals surface area contributed by atoms with Crippen molar-refractivity contribution in [3.8, 4) is 0 Å². The molecule has 0 bridgehead atoms. The summed E-state index contributed by atoms with van der Waals surface area (Å²) in [5.41, 5.74) is -0.0302. The van der Waals surface area contributed by atoms with E-state index < -0.39 is 17.3 Å². The third kappa shape index (κ3) is 1.76. The summed E-state index contributed by atoms with van der Waals surface area (Å²) in [5.74, 6) is -2.36. The number of carboxylic acids is 1. The first-order valence-corrected chi connectivity index (χ1v) is 4.08. The van der Waals surface area contributed by atoms with Gasteiger partial charge in [0.15, 0.2) is 5.82 Å². The smallest absolute Gasteiger partial charge is 0.338 e. The molecular weight excluding hydrogens is 218 g/mol. The van der Waals surface area contributed by atoms with Gasteiger partial charge in [0.1, 0.15) is 0 Å². The van der Waals surface area contributed by atoms with E-state index in [9.17, 15) is 9.18 Å². The van der Waals surface area contributed by atoms with Gasteiger partial charge in [-0.05, 0) is 18.6 Å². The highest BCUT2D eigenvalue weighted by molar-refractivity contribution is 6.42. The second-order valence-corrected chi connectivity index (χ2v) is 3.24. The minimum Gasteiger partial charge on any atom is -0.478 e. The molecule has 2 nitrogen and oxygen atoms in total. The largest absolute Gasteiger partial charge is 0.478 e. The van der Waals surface area contributed by atoms with Crippen molar-refractivity contribution in [3.63, 3.8) is 0 Å². The second-order valence-electron chi connectivity index (χ2n) is 2.49. The number of hydrogen-bond acceptors (Lipinski definition) is 1. The average Bonchev–Trinajstić information content (AvgIpc) is 2.07. The fourth-order valence-electron chi connectivity index (χ4n) is 0.887. The Kier molecular flexibility index (Phi) is 2.78. The molecule has 13 heavy (non-hydrogen) atoms. The molecule has 0 spiro atoms. The molecule has 0 heterocycles. The van der Waals surface area contributed by atoms with Crippen molar-refractivity contribution >= 4 is 29.2 Å². The maximum atomic E-state index is 13.1. The first-order valence-electron chi connectivity index (χ1n) is 3.32. The summed E-state index contributed by atoms with van der Waals surface area (Å²) in [6.45, 7) is 1.56. The van der Waals surface area contributed by atoms with Crippen molar-refractivity contribution in [1.82, 2.24) is 0 Å². The quantitative estimate of drug-likeness (QED) is 0.742. The van der Waals surface area contributed by atoms with Gasteiger partial charge in [-0.3, -0.25) is 0 Å². The molecule has 0 unspecified atom stereocenters. The number of halogens is 3. The van der Waals surface area contributed by atoms with Gasteiger partial charge in [0.2, 0.25) is 0 Å². The zero-order valence-corrected chi connectivity index (χ0v) is 8.08. The van der Waals surface area contributed by atoms with Crippen molar-refractivity contribution in [1.29, 1.82) is 0 Å². The van der Waals surface area contributed by atoms with Crippen LogP contribution in [0.2, 0.25) is 10.0 Å². The Morgan fingerprint density at radius 2 is 2.00 bits per heavy atom. The van der Waals surface area contributed by atoms with Crippen molar-refractivity contribution < 1.29 is 14.3 Å². The van der Waals surface area contributed by atoms with E-state index in [0.717, 1.165) is 6.07 Å². The van der Waals surface area contributed by atoms with Crippen LogP contribution in [0.1, 0.15) is 15.9 Å². The van der Waals surface area contributed by atoms with Gasteiger partial charge in [0, 0.05) is 0 Å². The van der Waals surface area contributed by atoms with Gasteiger partial charge in [-0.25, -0.2) is 9.18 Å². The molecule has 1 rings (SSSR count). The number of hydrogen-bond donors (Lipinski definition) is 1. The normalized spacial score (nSPS) is 10.2. The topological polar surface area (TPSA) is 37.3 Å². The third-order valence-electron chi connectivity index (χ3n) is 1.56. The number of carbonyl (C=O) groups is 1. The van der Waals surface area contributed by atoms with Crippen LogP contribution in [0.5, 0.6) is 0 Å². The minimum absolute atomic E-state index is 0.0455. The highest BCUT2D eigenvalue weighted by atomic mass is 35.5. The molecule has 0 atom stereocenters. The maximum Gasteiger partial charge on any atom is 0.338 e. The van der Waals surface area contributed by atoms with E-state index in [-0.39, 0.29) is 10.0 Å². The number of carboxylic acid groups (broad SMARTS) is 1. The summed E-state index contributed by atoms with van der Waals surface area (Å²) >= 11 is 11.1. The lowest BCUT2D eigenvalue weighted by Gasteiger charge is -2.04. The summed E-state index contributed by atoms with van der Waals surface area (Å²) in [7, 11) is 0. The van der Waals surface area contributed by atoms with Crippen molar-refractivity contribution in [3.05, 3.63) is 33.1 Å². The molecule has 1 aromatic rings. The molecule has 0 saturated heterocycles. The van der Waals surface area contributed by atoms with E-state index in [4.69, 9.17) is 28.3 Å². The molecular formula is C8H5Cl2FO2. The predicted molar refractivity (Wildman–Crippen MR) is 48.1 cm³/mol. The van der Waals surface area contributed by atoms with Crippen LogP contribution >= 0.6 is 23.2 Å². The lowest BCUT2D eigenvalue weighted by molar-refractivity contribution is 0.0692. The van der Waals surface area contributed by atoms with Crippen LogP contribution < -0.4 is 0 Å². The van der Waals surface area contributed by atoms with Crippen molar-refractivity contribution in [2.75, 3.05) is 0 Å². The van der Waals surface area contributed by atoms with Gasteiger partial charge in [0.05, 0.1) is 15.6 Å². The fraction of sp³-hybridized carbons (Fsp3) is 0.125. The Morgan fingerprint density at radius 1 is 1.46 bits per heavy atom. The van der Waals surface area contributed by atoms with E-state index in [1.807, 2.05) is 0 Å². The first-order chi connectivity index (χ1) is 5.95. The van der Waals surface area contributed by atoms with Gasteiger partial charge in [-0.1, -0.05) is 23.2 Å². The Bertz CT molecular complexity index is 377. The lowest BCUT2D eigenvalue weighted by atomic mass is 10.1. The Balaban J connectivity index is 3.50. The Morgan fingerprint density at radius 3 is 2.46 bits per heavy atom. The molecule has 0 radical (unpaired) electrons. The van der Waals surface area contributed by atoms with E-state index in [0.29, 0.717) is 5.56 Å². The van der Waals surface area contributed by atoms with Crippen LogP contribution in [0, 0.1) is 12.7 Å². The maximum absolute atomic E-state index is 13.1. The molecule has 70 valence electrons. The standard InChI is InChI=1S/C8H5Cl2FO2/c1-3-2-4(8(12)13)7(11)6(10)5(3)9/h2H,1H3,(H,12,13).